The van der Waals surface area contributed by atoms with Crippen LogP contribution < -0.4 is 14.4 Å². The Kier molecular flexibility index (Phi) is 7.28. The summed E-state index contributed by atoms with van der Waals surface area (Å²) < 4.78 is 46.3. The number of aromatic nitrogens is 5. The molecule has 0 radical (unpaired) electrons. The van der Waals surface area contributed by atoms with Crippen molar-refractivity contribution in [1.82, 2.24) is 24.7 Å². The van der Waals surface area contributed by atoms with Gasteiger partial charge in [0.2, 0.25) is 11.8 Å². The van der Waals surface area contributed by atoms with Crippen molar-refractivity contribution in [2.75, 3.05) is 32.2 Å². The molecule has 1 N–H and O–H groups in total. The molecule has 2 atom stereocenters. The first-order chi connectivity index (χ1) is 18.7. The Hall–Kier alpha value is -3.97. The zero-order valence-corrected chi connectivity index (χ0v) is 22.9. The summed E-state index contributed by atoms with van der Waals surface area (Å²) in [6.45, 7) is 4.05. The van der Waals surface area contributed by atoms with Gasteiger partial charge in [-0.3, -0.25) is 4.57 Å². The maximum atomic E-state index is 13.8. The smallest absolute Gasteiger partial charge is 0.225 e. The highest BCUT2D eigenvalue weighted by Gasteiger charge is 2.37. The van der Waals surface area contributed by atoms with Crippen LogP contribution in [0.4, 0.5) is 5.95 Å². The predicted octanol–water partition coefficient (Wildman–Crippen LogP) is 2.51. The number of aliphatic hydroxyl groups is 1. The van der Waals surface area contributed by atoms with E-state index in [1.54, 1.807) is 59.1 Å². The van der Waals surface area contributed by atoms with Crippen molar-refractivity contribution in [3.63, 3.8) is 0 Å². The molecule has 0 bridgehead atoms. The van der Waals surface area contributed by atoms with Gasteiger partial charge >= 0.3 is 0 Å². The van der Waals surface area contributed by atoms with Gasteiger partial charge in [0.1, 0.15) is 28.7 Å². The largest absolute Gasteiger partial charge is 0.494 e. The van der Waals surface area contributed by atoms with Crippen molar-refractivity contribution in [3.05, 3.63) is 59.9 Å². The minimum Gasteiger partial charge on any atom is -0.494 e. The fraction of sp³-hybridized carbons (Fsp3) is 0.385. The molecule has 12 nitrogen and oxygen atoms in total. The average Bonchev–Trinajstić information content (AvgIpc) is 3.53. The zero-order valence-electron chi connectivity index (χ0n) is 22.1. The lowest BCUT2D eigenvalue weighted by atomic mass is 10.1. The molecule has 0 unspecified atom stereocenters. The Balaban J connectivity index is 1.55. The van der Waals surface area contributed by atoms with E-state index in [4.69, 9.17) is 13.9 Å². The van der Waals surface area contributed by atoms with Crippen LogP contribution in [0.15, 0.2) is 47.1 Å². The van der Waals surface area contributed by atoms with E-state index >= 15 is 0 Å². The number of nitrogens with zero attached hydrogens (tertiary/aromatic N) is 6. The standard InChI is InChI=1S/C26H30N6O6S/c1-16-11-27-26(28-12-16)31-13-18(33)10-19(14-31)39(34,35)15-23-29-30-25(22-9-8-17(2)38-22)32(23)24-20(36-3)6-5-7-21(24)37-4/h5-9,11-12,18-19,33H,10,13-15H2,1-4H3/t18-,19+/m0/s1. The maximum absolute atomic E-state index is 13.8. The molecule has 39 heavy (non-hydrogen) atoms. The monoisotopic (exact) mass is 554 g/mol. The molecule has 4 aromatic rings. The van der Waals surface area contributed by atoms with Gasteiger partial charge in [-0.2, -0.15) is 0 Å². The second kappa shape index (κ2) is 10.7. The van der Waals surface area contributed by atoms with E-state index in [-0.39, 0.29) is 25.3 Å². The van der Waals surface area contributed by atoms with Gasteiger partial charge < -0.3 is 23.9 Å². The Morgan fingerprint density at radius 2 is 1.72 bits per heavy atom. The number of aliphatic hydroxyl groups excluding tert-OH is 1. The number of hydrogen-bond acceptors (Lipinski definition) is 11. The number of sulfone groups is 1. The molecule has 0 aliphatic carbocycles. The van der Waals surface area contributed by atoms with E-state index in [1.807, 2.05) is 6.92 Å². The van der Waals surface area contributed by atoms with E-state index < -0.39 is 26.9 Å². The summed E-state index contributed by atoms with van der Waals surface area (Å²) in [6, 6.07) is 8.78. The lowest BCUT2D eigenvalue weighted by Gasteiger charge is -2.35. The first-order valence-electron chi connectivity index (χ1n) is 12.4. The normalized spacial score (nSPS) is 17.8. The highest BCUT2D eigenvalue weighted by atomic mass is 32.2. The highest BCUT2D eigenvalue weighted by Crippen LogP contribution is 2.37. The molecule has 206 valence electrons. The topological polar surface area (TPSA) is 146 Å². The SMILES string of the molecule is COc1cccc(OC)c1-n1c(CS(=O)(=O)[C@@H]2C[C@H](O)CN(c3ncc(C)cn3)C2)nnc1-c1ccc(C)o1. The van der Waals surface area contributed by atoms with E-state index in [9.17, 15) is 13.5 Å². The molecule has 1 aliphatic heterocycles. The third kappa shape index (κ3) is 5.32. The number of aryl methyl sites for hydroxylation is 2. The number of ether oxygens (including phenoxy) is 2. The number of piperidine rings is 1. The lowest BCUT2D eigenvalue weighted by molar-refractivity contribution is 0.154. The van der Waals surface area contributed by atoms with Crippen LogP contribution in [0, 0.1) is 13.8 Å². The van der Waals surface area contributed by atoms with Crippen LogP contribution in [0.25, 0.3) is 17.3 Å². The van der Waals surface area contributed by atoms with Crippen LogP contribution >= 0.6 is 0 Å². The quantitative estimate of drug-likeness (QED) is 0.343. The number of rotatable bonds is 8. The lowest BCUT2D eigenvalue weighted by Crippen LogP contribution is -2.49. The van der Waals surface area contributed by atoms with Gasteiger partial charge in [-0.1, -0.05) is 6.07 Å². The number of para-hydroxylation sites is 1. The summed E-state index contributed by atoms with van der Waals surface area (Å²) in [6.07, 6.45) is 2.54. The third-order valence-electron chi connectivity index (χ3n) is 6.59. The fourth-order valence-electron chi connectivity index (χ4n) is 4.71. The number of anilines is 1. The number of methoxy groups -OCH3 is 2. The van der Waals surface area contributed by atoms with Crippen LogP contribution in [0.5, 0.6) is 11.5 Å². The number of benzene rings is 1. The molecule has 3 aromatic heterocycles. The maximum Gasteiger partial charge on any atom is 0.225 e. The summed E-state index contributed by atoms with van der Waals surface area (Å²) in [7, 11) is -0.815. The van der Waals surface area contributed by atoms with Crippen molar-refractivity contribution in [3.8, 4) is 28.8 Å². The predicted molar refractivity (Wildman–Crippen MR) is 143 cm³/mol. The third-order valence-corrected chi connectivity index (χ3v) is 8.61. The summed E-state index contributed by atoms with van der Waals surface area (Å²) in [5, 5.41) is 18.3. The molecular formula is C26H30N6O6S. The molecule has 1 fully saturated rings. The first-order valence-corrected chi connectivity index (χ1v) is 14.1. The molecule has 0 amide bonds. The molecule has 5 rings (SSSR count). The molecule has 0 spiro atoms. The number of furan rings is 1. The molecule has 4 heterocycles. The van der Waals surface area contributed by atoms with Gasteiger partial charge in [0.25, 0.3) is 0 Å². The summed E-state index contributed by atoms with van der Waals surface area (Å²) >= 11 is 0. The van der Waals surface area contributed by atoms with Gasteiger partial charge in [-0.05, 0) is 50.1 Å². The zero-order chi connectivity index (χ0) is 27.7. The second-order valence-electron chi connectivity index (χ2n) is 9.48. The Bertz CT molecular complexity index is 1540. The Labute approximate surface area is 226 Å². The average molecular weight is 555 g/mol. The van der Waals surface area contributed by atoms with E-state index in [1.165, 1.54) is 14.2 Å². The van der Waals surface area contributed by atoms with E-state index in [2.05, 4.69) is 20.2 Å². The van der Waals surface area contributed by atoms with Gasteiger partial charge in [-0.15, -0.1) is 10.2 Å². The van der Waals surface area contributed by atoms with Crippen molar-refractivity contribution < 1.29 is 27.4 Å². The highest BCUT2D eigenvalue weighted by molar-refractivity contribution is 7.91. The van der Waals surface area contributed by atoms with Crippen LogP contribution in [0.2, 0.25) is 0 Å². The van der Waals surface area contributed by atoms with Crippen LogP contribution in [0.1, 0.15) is 23.6 Å². The van der Waals surface area contributed by atoms with Crippen LogP contribution in [-0.4, -0.2) is 76.9 Å². The summed E-state index contributed by atoms with van der Waals surface area (Å²) in [5.74, 6) is 2.33. The first kappa shape index (κ1) is 26.6. The van der Waals surface area contributed by atoms with Gasteiger partial charge in [0, 0.05) is 25.5 Å². The summed E-state index contributed by atoms with van der Waals surface area (Å²) in [4.78, 5) is 10.3. The molecule has 1 aromatic carbocycles. The Morgan fingerprint density at radius 3 is 2.33 bits per heavy atom. The van der Waals surface area contributed by atoms with Gasteiger partial charge in [-0.25, -0.2) is 18.4 Å². The van der Waals surface area contributed by atoms with Crippen LogP contribution in [0.3, 0.4) is 0 Å². The van der Waals surface area contributed by atoms with E-state index in [0.717, 1.165) is 5.56 Å². The molecule has 13 heteroatoms. The van der Waals surface area contributed by atoms with Crippen molar-refractivity contribution in [2.45, 2.75) is 37.4 Å². The van der Waals surface area contributed by atoms with Gasteiger partial charge in [0.05, 0.1) is 25.6 Å². The van der Waals surface area contributed by atoms with Crippen LogP contribution in [-0.2, 0) is 15.6 Å². The second-order valence-corrected chi connectivity index (χ2v) is 11.8. The number of hydrogen-bond donors (Lipinski definition) is 1. The minimum absolute atomic E-state index is 0.0844. The minimum atomic E-state index is -3.84. The molecular weight excluding hydrogens is 524 g/mol. The van der Waals surface area contributed by atoms with Crippen molar-refractivity contribution in [2.24, 2.45) is 0 Å². The van der Waals surface area contributed by atoms with E-state index in [0.29, 0.717) is 40.5 Å². The van der Waals surface area contributed by atoms with Gasteiger partial charge in [0.15, 0.2) is 21.4 Å². The molecule has 1 saturated heterocycles. The fourth-order valence-corrected chi connectivity index (χ4v) is 6.41. The number of β-amino-alcohol motifs (C(OH)–C–C–N with tert-alkyl or cyclic N) is 1. The van der Waals surface area contributed by atoms with Crippen molar-refractivity contribution >= 4 is 15.8 Å². The van der Waals surface area contributed by atoms with Crippen molar-refractivity contribution in [1.29, 1.82) is 0 Å². The Morgan fingerprint density at radius 1 is 1.03 bits per heavy atom. The molecule has 1 aliphatic rings. The molecule has 0 saturated carbocycles. The summed E-state index contributed by atoms with van der Waals surface area (Å²) in [5.41, 5.74) is 1.33.